The zero-order valence-electron chi connectivity index (χ0n) is 15.3. The predicted molar refractivity (Wildman–Crippen MR) is 115 cm³/mol. The highest BCUT2D eigenvalue weighted by atomic mass is 35.5. The monoisotopic (exact) mass is 425 g/mol. The Morgan fingerprint density at radius 1 is 0.966 bits per heavy atom. The summed E-state index contributed by atoms with van der Waals surface area (Å²) in [5.41, 5.74) is 3.91. The summed E-state index contributed by atoms with van der Waals surface area (Å²) in [5.74, 6) is -0.0437. The van der Waals surface area contributed by atoms with Gasteiger partial charge in [0.2, 0.25) is 0 Å². The van der Waals surface area contributed by atoms with Gasteiger partial charge in [-0.05, 0) is 53.4 Å². The third kappa shape index (κ3) is 4.39. The van der Waals surface area contributed by atoms with Crippen LogP contribution in [0.1, 0.15) is 16.7 Å². The lowest BCUT2D eigenvalue weighted by atomic mass is 10.0. The van der Waals surface area contributed by atoms with E-state index in [1.54, 1.807) is 12.1 Å². The van der Waals surface area contributed by atoms with E-state index in [-0.39, 0.29) is 16.5 Å². The molecule has 146 valence electrons. The third-order valence-corrected chi connectivity index (χ3v) is 5.17. The van der Waals surface area contributed by atoms with Crippen molar-refractivity contribution in [1.82, 2.24) is 4.98 Å². The molecule has 0 radical (unpaired) electrons. The minimum absolute atomic E-state index is 0.155. The summed E-state index contributed by atoms with van der Waals surface area (Å²) in [6.07, 6.45) is 2.65. The van der Waals surface area contributed by atoms with Gasteiger partial charge < -0.3 is 14.8 Å². The summed E-state index contributed by atoms with van der Waals surface area (Å²) in [6.45, 7) is 0. The number of ether oxygens (including phenoxy) is 1. The number of carboxylic acid groups (broad SMARTS) is 1. The summed E-state index contributed by atoms with van der Waals surface area (Å²) in [5, 5.41) is 10.5. The van der Waals surface area contributed by atoms with Gasteiger partial charge in [0.15, 0.2) is 5.75 Å². The van der Waals surface area contributed by atoms with Crippen LogP contribution < -0.4 is 4.74 Å². The first-order valence-electron chi connectivity index (χ1n) is 9.01. The number of halogens is 2. The SMILES string of the molecule is O=C(O)Cc1cc(Cl)c(Oc2ccc3[nH]cc(Cc4ccccc4)c3c2)c(Cl)c1. The Hall–Kier alpha value is -2.95. The molecule has 0 aliphatic heterocycles. The van der Waals surface area contributed by atoms with E-state index in [9.17, 15) is 4.79 Å². The molecule has 4 rings (SSSR count). The second-order valence-corrected chi connectivity index (χ2v) is 7.56. The van der Waals surface area contributed by atoms with Gasteiger partial charge in [0.05, 0.1) is 16.5 Å². The van der Waals surface area contributed by atoms with E-state index in [4.69, 9.17) is 33.0 Å². The summed E-state index contributed by atoms with van der Waals surface area (Å²) in [4.78, 5) is 14.2. The number of aromatic nitrogens is 1. The number of hydrogen-bond acceptors (Lipinski definition) is 2. The number of carbonyl (C=O) groups is 1. The molecule has 0 aliphatic carbocycles. The number of fused-ring (bicyclic) bond motifs is 1. The van der Waals surface area contributed by atoms with Gasteiger partial charge in [-0.15, -0.1) is 0 Å². The maximum atomic E-state index is 10.9. The molecule has 0 atom stereocenters. The van der Waals surface area contributed by atoms with Crippen LogP contribution in [0.15, 0.2) is 66.9 Å². The smallest absolute Gasteiger partial charge is 0.307 e. The maximum absolute atomic E-state index is 10.9. The number of H-pyrrole nitrogens is 1. The summed E-state index contributed by atoms with van der Waals surface area (Å²) < 4.78 is 5.96. The van der Waals surface area contributed by atoms with Crippen LogP contribution in [0.3, 0.4) is 0 Å². The highest BCUT2D eigenvalue weighted by Crippen LogP contribution is 2.38. The van der Waals surface area contributed by atoms with E-state index in [0.29, 0.717) is 17.1 Å². The molecule has 0 spiro atoms. The first kappa shape index (κ1) is 19.4. The van der Waals surface area contributed by atoms with Crippen LogP contribution in [-0.4, -0.2) is 16.1 Å². The van der Waals surface area contributed by atoms with Crippen molar-refractivity contribution in [1.29, 1.82) is 0 Å². The van der Waals surface area contributed by atoms with Gasteiger partial charge in [-0.2, -0.15) is 0 Å². The fourth-order valence-electron chi connectivity index (χ4n) is 3.29. The van der Waals surface area contributed by atoms with E-state index in [2.05, 4.69) is 17.1 Å². The molecule has 0 saturated heterocycles. The van der Waals surface area contributed by atoms with Crippen molar-refractivity contribution in [2.24, 2.45) is 0 Å². The number of benzene rings is 3. The van der Waals surface area contributed by atoms with E-state index in [1.165, 1.54) is 5.56 Å². The molecule has 4 aromatic rings. The average Bonchev–Trinajstić information content (AvgIpc) is 3.07. The summed E-state index contributed by atoms with van der Waals surface area (Å²) in [7, 11) is 0. The Labute approximate surface area is 177 Å². The molecule has 0 saturated carbocycles. The topological polar surface area (TPSA) is 62.3 Å². The van der Waals surface area contributed by atoms with Crippen molar-refractivity contribution in [3.8, 4) is 11.5 Å². The molecular formula is C23H17Cl2NO3. The van der Waals surface area contributed by atoms with Crippen molar-refractivity contribution in [2.75, 3.05) is 0 Å². The van der Waals surface area contributed by atoms with Gasteiger partial charge in [-0.3, -0.25) is 4.79 Å². The quantitative estimate of drug-likeness (QED) is 0.371. The van der Waals surface area contributed by atoms with E-state index in [0.717, 1.165) is 22.9 Å². The van der Waals surface area contributed by atoms with Crippen molar-refractivity contribution in [2.45, 2.75) is 12.8 Å². The molecule has 29 heavy (non-hydrogen) atoms. The lowest BCUT2D eigenvalue weighted by Crippen LogP contribution is -2.00. The number of carboxylic acids is 1. The third-order valence-electron chi connectivity index (χ3n) is 4.61. The number of aromatic amines is 1. The zero-order valence-corrected chi connectivity index (χ0v) is 16.8. The average molecular weight is 426 g/mol. The highest BCUT2D eigenvalue weighted by molar-refractivity contribution is 6.37. The van der Waals surface area contributed by atoms with Crippen molar-refractivity contribution >= 4 is 40.1 Å². The van der Waals surface area contributed by atoms with Crippen LogP contribution in [0.4, 0.5) is 0 Å². The van der Waals surface area contributed by atoms with Crippen LogP contribution >= 0.6 is 23.2 Å². The Kier molecular flexibility index (Phi) is 5.47. The Morgan fingerprint density at radius 3 is 2.38 bits per heavy atom. The molecular weight excluding hydrogens is 409 g/mol. The van der Waals surface area contributed by atoms with Crippen molar-refractivity contribution < 1.29 is 14.6 Å². The van der Waals surface area contributed by atoms with Gasteiger partial charge in [-0.1, -0.05) is 53.5 Å². The Bertz CT molecular complexity index is 1160. The fraction of sp³-hybridized carbons (Fsp3) is 0.0870. The Morgan fingerprint density at radius 2 is 1.69 bits per heavy atom. The number of hydrogen-bond donors (Lipinski definition) is 2. The normalized spacial score (nSPS) is 11.0. The predicted octanol–water partition coefficient (Wildman–Crippen LogP) is 6.48. The molecule has 2 N–H and O–H groups in total. The second kappa shape index (κ2) is 8.19. The van der Waals surface area contributed by atoms with E-state index >= 15 is 0 Å². The molecule has 1 aromatic heterocycles. The van der Waals surface area contributed by atoms with Crippen molar-refractivity contribution in [3.63, 3.8) is 0 Å². The molecule has 0 amide bonds. The maximum Gasteiger partial charge on any atom is 0.307 e. The summed E-state index contributed by atoms with van der Waals surface area (Å²) in [6, 6.07) is 19.1. The van der Waals surface area contributed by atoms with Crippen LogP contribution in [0.5, 0.6) is 11.5 Å². The molecule has 0 bridgehead atoms. The van der Waals surface area contributed by atoms with E-state index < -0.39 is 5.97 Å². The largest absolute Gasteiger partial charge is 0.481 e. The molecule has 1 heterocycles. The second-order valence-electron chi connectivity index (χ2n) is 6.74. The minimum Gasteiger partial charge on any atom is -0.481 e. The zero-order chi connectivity index (χ0) is 20.4. The van der Waals surface area contributed by atoms with Crippen LogP contribution in [0, 0.1) is 0 Å². The van der Waals surface area contributed by atoms with E-state index in [1.807, 2.05) is 42.6 Å². The van der Waals surface area contributed by atoms with Crippen molar-refractivity contribution in [3.05, 3.63) is 93.6 Å². The highest BCUT2D eigenvalue weighted by Gasteiger charge is 2.14. The number of rotatable bonds is 6. The molecule has 0 fully saturated rings. The first-order chi connectivity index (χ1) is 14.0. The fourth-order valence-corrected chi connectivity index (χ4v) is 3.90. The van der Waals surface area contributed by atoms with Crippen LogP contribution in [0.2, 0.25) is 10.0 Å². The molecule has 4 nitrogen and oxygen atoms in total. The van der Waals surface area contributed by atoms with Crippen LogP contribution in [0.25, 0.3) is 10.9 Å². The lowest BCUT2D eigenvalue weighted by Gasteiger charge is -2.11. The minimum atomic E-state index is -0.949. The first-order valence-corrected chi connectivity index (χ1v) is 9.76. The van der Waals surface area contributed by atoms with Gasteiger partial charge >= 0.3 is 5.97 Å². The van der Waals surface area contributed by atoms with Gasteiger partial charge in [0.25, 0.3) is 0 Å². The van der Waals surface area contributed by atoms with Crippen LogP contribution in [-0.2, 0) is 17.6 Å². The number of aliphatic carboxylic acids is 1. The number of nitrogens with one attached hydrogen (secondary N) is 1. The van der Waals surface area contributed by atoms with Gasteiger partial charge in [0.1, 0.15) is 5.75 Å². The standard InChI is InChI=1S/C23H17Cl2NO3/c24-19-9-15(11-22(27)28)10-20(25)23(19)29-17-6-7-21-18(12-17)16(13-26-21)8-14-4-2-1-3-5-14/h1-7,9-10,12-13,26H,8,11H2,(H,27,28). The van der Waals surface area contributed by atoms with Gasteiger partial charge in [-0.25, -0.2) is 0 Å². The molecule has 3 aromatic carbocycles. The molecule has 0 aliphatic rings. The molecule has 0 unspecified atom stereocenters. The van der Waals surface area contributed by atoms with Gasteiger partial charge in [0, 0.05) is 17.1 Å². The molecule has 6 heteroatoms. The Balaban J connectivity index is 1.63. The summed E-state index contributed by atoms with van der Waals surface area (Å²) >= 11 is 12.6. The lowest BCUT2D eigenvalue weighted by molar-refractivity contribution is -0.136.